The summed E-state index contributed by atoms with van der Waals surface area (Å²) in [7, 11) is -3.24. The van der Waals surface area contributed by atoms with Gasteiger partial charge in [0.1, 0.15) is 0 Å². The first-order valence-corrected chi connectivity index (χ1v) is 10.0. The summed E-state index contributed by atoms with van der Waals surface area (Å²) in [6.45, 7) is 2.63. The second-order valence-electron chi connectivity index (χ2n) is 6.25. The van der Waals surface area contributed by atoms with Gasteiger partial charge in [-0.1, -0.05) is 0 Å². The molecule has 0 spiro atoms. The van der Waals surface area contributed by atoms with Crippen LogP contribution < -0.4 is 4.72 Å². The molecule has 0 aromatic carbocycles. The Labute approximate surface area is 134 Å². The molecule has 0 radical (unpaired) electrons. The zero-order valence-corrected chi connectivity index (χ0v) is 14.1. The van der Waals surface area contributed by atoms with E-state index < -0.39 is 10.0 Å². The van der Waals surface area contributed by atoms with Gasteiger partial charge in [-0.3, -0.25) is 4.79 Å². The van der Waals surface area contributed by atoms with Crippen LogP contribution in [0.4, 0.5) is 0 Å². The molecular weight excluding hydrogens is 324 g/mol. The Morgan fingerprint density at radius 1 is 1.59 bits per heavy atom. The van der Waals surface area contributed by atoms with Crippen molar-refractivity contribution in [3.05, 3.63) is 22.4 Å². The summed E-state index contributed by atoms with van der Waals surface area (Å²) in [5.41, 5.74) is 0.750. The van der Waals surface area contributed by atoms with Crippen molar-refractivity contribution in [1.82, 2.24) is 9.62 Å². The third-order valence-electron chi connectivity index (χ3n) is 4.50. The predicted molar refractivity (Wildman–Crippen MR) is 84.2 cm³/mol. The molecule has 1 N–H and O–H groups in total. The number of hydrogen-bond donors (Lipinski definition) is 1. The van der Waals surface area contributed by atoms with Gasteiger partial charge in [-0.05, 0) is 22.4 Å². The summed E-state index contributed by atoms with van der Waals surface area (Å²) in [5.74, 6) is 0.305. The van der Waals surface area contributed by atoms with Crippen LogP contribution in [0.25, 0.3) is 0 Å². The lowest BCUT2D eigenvalue weighted by atomic mass is 9.81. The van der Waals surface area contributed by atoms with Crippen LogP contribution in [0.3, 0.4) is 0 Å². The lowest BCUT2D eigenvalue weighted by Gasteiger charge is -2.27. The molecule has 1 amide bonds. The van der Waals surface area contributed by atoms with Gasteiger partial charge >= 0.3 is 0 Å². The van der Waals surface area contributed by atoms with Crippen molar-refractivity contribution >= 4 is 27.3 Å². The monoisotopic (exact) mass is 344 g/mol. The van der Waals surface area contributed by atoms with Crippen LogP contribution >= 0.6 is 11.3 Å². The van der Waals surface area contributed by atoms with Crippen LogP contribution in [-0.2, 0) is 26.0 Å². The summed E-state index contributed by atoms with van der Waals surface area (Å²) in [4.78, 5) is 14.3. The zero-order valence-electron chi connectivity index (χ0n) is 12.4. The number of fused-ring (bicyclic) bond motifs is 1. The van der Waals surface area contributed by atoms with Gasteiger partial charge in [0.15, 0.2) is 0 Å². The quantitative estimate of drug-likeness (QED) is 0.834. The molecule has 122 valence electrons. The number of carbonyl (C=O) groups is 1. The SMILES string of the molecule is CS(=O)(=O)NC[C@@]12COC[C@@H]1CN(C(=O)Cc1ccsc1)C2. The first-order chi connectivity index (χ1) is 10.4. The van der Waals surface area contributed by atoms with Crippen molar-refractivity contribution in [3.63, 3.8) is 0 Å². The van der Waals surface area contributed by atoms with Gasteiger partial charge in [-0.25, -0.2) is 13.1 Å². The largest absolute Gasteiger partial charge is 0.380 e. The standard InChI is InChI=1S/C14H20N2O4S2/c1-22(18,19)15-8-14-9-16(5-12(14)6-20-10-14)13(17)4-11-2-3-21-7-11/h2-3,7,12,15H,4-6,8-10H2,1H3/t12-,14+/m0/s1. The van der Waals surface area contributed by atoms with E-state index in [-0.39, 0.29) is 17.2 Å². The highest BCUT2D eigenvalue weighted by atomic mass is 32.2. The lowest BCUT2D eigenvalue weighted by molar-refractivity contribution is -0.130. The second-order valence-corrected chi connectivity index (χ2v) is 8.86. The van der Waals surface area contributed by atoms with Gasteiger partial charge in [-0.15, -0.1) is 0 Å². The first-order valence-electron chi connectivity index (χ1n) is 7.19. The molecule has 6 nitrogen and oxygen atoms in total. The van der Waals surface area contributed by atoms with Crippen LogP contribution in [0.2, 0.25) is 0 Å². The molecule has 22 heavy (non-hydrogen) atoms. The zero-order chi connectivity index (χ0) is 15.8. The summed E-state index contributed by atoms with van der Waals surface area (Å²) >= 11 is 1.58. The van der Waals surface area contributed by atoms with Crippen LogP contribution in [0.1, 0.15) is 5.56 Å². The Bertz CT molecular complexity index is 644. The highest BCUT2D eigenvalue weighted by Gasteiger charge is 2.51. The Balaban J connectivity index is 1.66. The number of thiophene rings is 1. The molecule has 1 aromatic heterocycles. The van der Waals surface area contributed by atoms with Crippen LogP contribution in [-0.4, -0.2) is 58.3 Å². The van der Waals surface area contributed by atoms with Crippen LogP contribution in [0.15, 0.2) is 16.8 Å². The Morgan fingerprint density at radius 3 is 3.09 bits per heavy atom. The smallest absolute Gasteiger partial charge is 0.227 e. The number of amides is 1. The number of rotatable bonds is 5. The molecule has 3 heterocycles. The highest BCUT2D eigenvalue weighted by Crippen LogP contribution is 2.41. The average molecular weight is 344 g/mol. The van der Waals surface area contributed by atoms with Gasteiger partial charge in [-0.2, -0.15) is 11.3 Å². The van der Waals surface area contributed by atoms with E-state index >= 15 is 0 Å². The van der Waals surface area contributed by atoms with Gasteiger partial charge in [0.2, 0.25) is 15.9 Å². The van der Waals surface area contributed by atoms with Crippen molar-refractivity contribution in [2.75, 3.05) is 39.1 Å². The van der Waals surface area contributed by atoms with E-state index in [0.717, 1.165) is 11.8 Å². The van der Waals surface area contributed by atoms with Crippen LogP contribution in [0, 0.1) is 11.3 Å². The summed E-state index contributed by atoms with van der Waals surface area (Å²) in [6, 6.07) is 1.96. The molecule has 0 unspecified atom stereocenters. The lowest BCUT2D eigenvalue weighted by Crippen LogP contribution is -2.43. The maximum Gasteiger partial charge on any atom is 0.227 e. The second kappa shape index (κ2) is 5.92. The first kappa shape index (κ1) is 15.9. The Hall–Kier alpha value is -0.960. The molecule has 2 saturated heterocycles. The van der Waals surface area contributed by atoms with E-state index in [1.807, 2.05) is 21.7 Å². The molecule has 0 aliphatic carbocycles. The fourth-order valence-corrected chi connectivity index (χ4v) is 4.44. The Morgan fingerprint density at radius 2 is 2.41 bits per heavy atom. The Kier molecular flexibility index (Phi) is 4.28. The fourth-order valence-electron chi connectivity index (χ4n) is 3.23. The van der Waals surface area contributed by atoms with Gasteiger partial charge in [0.05, 0.1) is 25.9 Å². The molecule has 2 aliphatic heterocycles. The van der Waals surface area contributed by atoms with E-state index in [4.69, 9.17) is 4.74 Å². The predicted octanol–water partition coefficient (Wildman–Crippen LogP) is 0.315. The van der Waals surface area contributed by atoms with Crippen molar-refractivity contribution in [3.8, 4) is 0 Å². The van der Waals surface area contributed by atoms with Gasteiger partial charge < -0.3 is 9.64 Å². The number of carbonyl (C=O) groups excluding carboxylic acids is 1. The molecule has 2 atom stereocenters. The maximum atomic E-state index is 12.4. The maximum absolute atomic E-state index is 12.4. The van der Waals surface area contributed by atoms with E-state index in [9.17, 15) is 13.2 Å². The number of nitrogens with zero attached hydrogens (tertiary/aromatic N) is 1. The number of likely N-dealkylation sites (tertiary alicyclic amines) is 1. The number of hydrogen-bond acceptors (Lipinski definition) is 5. The summed E-state index contributed by atoms with van der Waals surface area (Å²) in [6.07, 6.45) is 1.57. The topological polar surface area (TPSA) is 75.7 Å². The number of nitrogens with one attached hydrogen (secondary N) is 1. The molecule has 3 rings (SSSR count). The van der Waals surface area contributed by atoms with Gasteiger partial charge in [0, 0.05) is 31.0 Å². The minimum Gasteiger partial charge on any atom is -0.380 e. The highest BCUT2D eigenvalue weighted by molar-refractivity contribution is 7.88. The summed E-state index contributed by atoms with van der Waals surface area (Å²) < 4.78 is 30.9. The number of sulfonamides is 1. The molecule has 2 fully saturated rings. The third-order valence-corrected chi connectivity index (χ3v) is 5.90. The molecule has 0 bridgehead atoms. The normalized spacial score (nSPS) is 28.0. The average Bonchev–Trinajstić information content (AvgIpc) is 3.09. The summed E-state index contributed by atoms with van der Waals surface area (Å²) in [5, 5.41) is 3.95. The van der Waals surface area contributed by atoms with E-state index in [1.165, 1.54) is 0 Å². The molecule has 2 aliphatic rings. The third kappa shape index (κ3) is 3.34. The molecule has 8 heteroatoms. The fraction of sp³-hybridized carbons (Fsp3) is 0.643. The van der Waals surface area contributed by atoms with Crippen molar-refractivity contribution in [2.45, 2.75) is 6.42 Å². The van der Waals surface area contributed by atoms with E-state index in [1.54, 1.807) is 11.3 Å². The molecule has 1 aromatic rings. The van der Waals surface area contributed by atoms with E-state index in [0.29, 0.717) is 39.3 Å². The van der Waals surface area contributed by atoms with Crippen molar-refractivity contribution in [2.24, 2.45) is 11.3 Å². The van der Waals surface area contributed by atoms with Crippen molar-refractivity contribution < 1.29 is 17.9 Å². The van der Waals surface area contributed by atoms with Gasteiger partial charge in [0.25, 0.3) is 0 Å². The molecule has 0 saturated carbocycles. The minimum absolute atomic E-state index is 0.103. The molecular formula is C14H20N2O4S2. The minimum atomic E-state index is -3.24. The van der Waals surface area contributed by atoms with E-state index in [2.05, 4.69) is 4.72 Å². The number of ether oxygens (including phenoxy) is 1. The van der Waals surface area contributed by atoms with Crippen LogP contribution in [0.5, 0.6) is 0 Å². The van der Waals surface area contributed by atoms with Crippen molar-refractivity contribution in [1.29, 1.82) is 0 Å².